The first-order valence-electron chi connectivity index (χ1n) is 6.61. The van der Waals surface area contributed by atoms with Crippen LogP contribution < -0.4 is 10.5 Å². The molecule has 1 aromatic carbocycles. The number of nitrogens with zero attached hydrogens (tertiary/aromatic N) is 4. The molecule has 0 saturated heterocycles. The SMILES string of the molecule is COc1ccc(N)cc1-c1nnnn1CCC(C)(C)C. The number of hydrogen-bond donors (Lipinski definition) is 1. The van der Waals surface area contributed by atoms with Crippen LogP contribution in [0.3, 0.4) is 0 Å². The first kappa shape index (κ1) is 14.3. The lowest BCUT2D eigenvalue weighted by Crippen LogP contribution is -2.12. The van der Waals surface area contributed by atoms with Gasteiger partial charge in [0.15, 0.2) is 5.82 Å². The summed E-state index contributed by atoms with van der Waals surface area (Å²) in [4.78, 5) is 0. The van der Waals surface area contributed by atoms with Crippen LogP contribution in [-0.4, -0.2) is 27.3 Å². The summed E-state index contributed by atoms with van der Waals surface area (Å²) in [5, 5.41) is 11.9. The van der Waals surface area contributed by atoms with Gasteiger partial charge < -0.3 is 10.5 Å². The van der Waals surface area contributed by atoms with E-state index in [1.807, 2.05) is 12.1 Å². The summed E-state index contributed by atoms with van der Waals surface area (Å²) in [5.41, 5.74) is 7.54. The van der Waals surface area contributed by atoms with Crippen LogP contribution in [-0.2, 0) is 6.54 Å². The van der Waals surface area contributed by atoms with Crippen molar-refractivity contribution in [3.05, 3.63) is 18.2 Å². The van der Waals surface area contributed by atoms with Crippen molar-refractivity contribution in [2.45, 2.75) is 33.7 Å². The lowest BCUT2D eigenvalue weighted by Gasteiger charge is -2.18. The largest absolute Gasteiger partial charge is 0.496 e. The number of ether oxygens (including phenoxy) is 1. The standard InChI is InChI=1S/C14H21N5O/c1-14(2,3)7-8-19-13(16-17-18-19)11-9-10(15)5-6-12(11)20-4/h5-6,9H,7-8,15H2,1-4H3. The molecule has 0 aliphatic carbocycles. The zero-order chi connectivity index (χ0) is 14.8. The molecule has 0 aliphatic heterocycles. The van der Waals surface area contributed by atoms with Gasteiger partial charge in [-0.3, -0.25) is 0 Å². The topological polar surface area (TPSA) is 78.8 Å². The molecule has 0 atom stereocenters. The first-order valence-corrected chi connectivity index (χ1v) is 6.61. The third-order valence-corrected chi connectivity index (χ3v) is 3.07. The molecule has 1 heterocycles. The Bertz CT molecular complexity index is 585. The number of hydrogen-bond acceptors (Lipinski definition) is 5. The maximum Gasteiger partial charge on any atom is 0.185 e. The van der Waals surface area contributed by atoms with Crippen LogP contribution in [0.2, 0.25) is 0 Å². The summed E-state index contributed by atoms with van der Waals surface area (Å²) in [7, 11) is 1.62. The van der Waals surface area contributed by atoms with Crippen molar-refractivity contribution in [2.75, 3.05) is 12.8 Å². The molecular weight excluding hydrogens is 254 g/mol. The molecule has 2 rings (SSSR count). The van der Waals surface area contributed by atoms with E-state index in [9.17, 15) is 0 Å². The maximum absolute atomic E-state index is 5.85. The molecule has 0 unspecified atom stereocenters. The molecule has 1 aromatic heterocycles. The van der Waals surface area contributed by atoms with Crippen LogP contribution >= 0.6 is 0 Å². The number of nitrogens with two attached hydrogens (primary N) is 1. The minimum Gasteiger partial charge on any atom is -0.496 e. The lowest BCUT2D eigenvalue weighted by molar-refractivity contribution is 0.339. The summed E-state index contributed by atoms with van der Waals surface area (Å²) in [6, 6.07) is 5.46. The van der Waals surface area contributed by atoms with Gasteiger partial charge in [-0.25, -0.2) is 4.68 Å². The lowest BCUT2D eigenvalue weighted by atomic mass is 9.92. The number of benzene rings is 1. The summed E-state index contributed by atoms with van der Waals surface area (Å²) < 4.78 is 7.15. The second kappa shape index (κ2) is 5.48. The minimum absolute atomic E-state index is 0.225. The van der Waals surface area contributed by atoms with E-state index < -0.39 is 0 Å². The number of aromatic nitrogens is 4. The molecule has 2 N–H and O–H groups in total. The van der Waals surface area contributed by atoms with Crippen molar-refractivity contribution >= 4 is 5.69 Å². The number of aryl methyl sites for hydroxylation is 1. The van der Waals surface area contributed by atoms with E-state index in [2.05, 4.69) is 36.3 Å². The van der Waals surface area contributed by atoms with Gasteiger partial charge >= 0.3 is 0 Å². The smallest absolute Gasteiger partial charge is 0.185 e. The summed E-state index contributed by atoms with van der Waals surface area (Å²) in [6.45, 7) is 7.33. The molecule has 2 aromatic rings. The zero-order valence-corrected chi connectivity index (χ0v) is 12.4. The molecule has 0 fully saturated rings. The molecule has 0 spiro atoms. The number of methoxy groups -OCH3 is 1. The van der Waals surface area contributed by atoms with Gasteiger partial charge in [-0.1, -0.05) is 20.8 Å². The van der Waals surface area contributed by atoms with Gasteiger partial charge in [0.05, 0.1) is 12.7 Å². The summed E-state index contributed by atoms with van der Waals surface area (Å²) in [5.74, 6) is 1.39. The molecule has 0 radical (unpaired) electrons. The van der Waals surface area contributed by atoms with Gasteiger partial charge in [-0.15, -0.1) is 5.10 Å². The average Bonchev–Trinajstić information content (AvgIpc) is 2.83. The van der Waals surface area contributed by atoms with Crippen molar-refractivity contribution in [2.24, 2.45) is 5.41 Å². The number of anilines is 1. The van der Waals surface area contributed by atoms with Gasteiger partial charge in [-0.2, -0.15) is 0 Å². The van der Waals surface area contributed by atoms with E-state index in [0.29, 0.717) is 17.3 Å². The van der Waals surface area contributed by atoms with E-state index in [1.54, 1.807) is 17.9 Å². The Morgan fingerprint density at radius 3 is 2.70 bits per heavy atom. The Labute approximate surface area is 118 Å². The third-order valence-electron chi connectivity index (χ3n) is 3.07. The normalized spacial score (nSPS) is 11.6. The summed E-state index contributed by atoms with van der Waals surface area (Å²) >= 11 is 0. The molecular formula is C14H21N5O. The Balaban J connectivity index is 2.34. The highest BCUT2D eigenvalue weighted by molar-refractivity contribution is 5.68. The molecule has 6 heteroatoms. The first-order chi connectivity index (χ1) is 9.40. The van der Waals surface area contributed by atoms with Crippen molar-refractivity contribution in [3.63, 3.8) is 0 Å². The van der Waals surface area contributed by atoms with Crippen molar-refractivity contribution in [3.8, 4) is 17.1 Å². The molecule has 0 bridgehead atoms. The van der Waals surface area contributed by atoms with Crippen LogP contribution in [0.1, 0.15) is 27.2 Å². The highest BCUT2D eigenvalue weighted by Gasteiger charge is 2.17. The quantitative estimate of drug-likeness (QED) is 0.867. The van der Waals surface area contributed by atoms with Crippen LogP contribution in [0.25, 0.3) is 11.4 Å². The summed E-state index contributed by atoms with van der Waals surface area (Å²) in [6.07, 6.45) is 0.982. The van der Waals surface area contributed by atoms with Gasteiger partial charge in [-0.05, 0) is 40.5 Å². The number of nitrogen functional groups attached to an aromatic ring is 1. The van der Waals surface area contributed by atoms with E-state index in [-0.39, 0.29) is 5.41 Å². The molecule has 0 amide bonds. The van der Waals surface area contributed by atoms with Crippen molar-refractivity contribution < 1.29 is 4.74 Å². The van der Waals surface area contributed by atoms with Crippen LogP contribution in [0.5, 0.6) is 5.75 Å². The second-order valence-electron chi connectivity index (χ2n) is 6.00. The van der Waals surface area contributed by atoms with Gasteiger partial charge in [0.2, 0.25) is 0 Å². The molecule has 108 valence electrons. The highest BCUT2D eigenvalue weighted by Crippen LogP contribution is 2.30. The van der Waals surface area contributed by atoms with Crippen molar-refractivity contribution in [1.82, 2.24) is 20.2 Å². The molecule has 0 aliphatic rings. The second-order valence-corrected chi connectivity index (χ2v) is 6.00. The van der Waals surface area contributed by atoms with Gasteiger partial charge in [0.1, 0.15) is 5.75 Å². The fraction of sp³-hybridized carbons (Fsp3) is 0.500. The van der Waals surface area contributed by atoms with Gasteiger partial charge in [0, 0.05) is 12.2 Å². The van der Waals surface area contributed by atoms with E-state index in [4.69, 9.17) is 10.5 Å². The Morgan fingerprint density at radius 1 is 1.30 bits per heavy atom. The Hall–Kier alpha value is -2.11. The Kier molecular flexibility index (Phi) is 3.92. The van der Waals surface area contributed by atoms with E-state index >= 15 is 0 Å². The predicted molar refractivity (Wildman–Crippen MR) is 78.3 cm³/mol. The molecule has 20 heavy (non-hydrogen) atoms. The minimum atomic E-state index is 0.225. The Morgan fingerprint density at radius 2 is 2.05 bits per heavy atom. The number of tetrazole rings is 1. The molecule has 0 saturated carbocycles. The van der Waals surface area contributed by atoms with E-state index in [1.165, 1.54) is 0 Å². The fourth-order valence-corrected chi connectivity index (χ4v) is 1.89. The average molecular weight is 275 g/mol. The fourth-order valence-electron chi connectivity index (χ4n) is 1.89. The van der Waals surface area contributed by atoms with E-state index in [0.717, 1.165) is 18.5 Å². The van der Waals surface area contributed by atoms with Crippen molar-refractivity contribution in [1.29, 1.82) is 0 Å². The number of rotatable bonds is 4. The van der Waals surface area contributed by atoms with Crippen LogP contribution in [0.15, 0.2) is 18.2 Å². The molecule has 6 nitrogen and oxygen atoms in total. The monoisotopic (exact) mass is 275 g/mol. The van der Waals surface area contributed by atoms with Gasteiger partial charge in [0.25, 0.3) is 0 Å². The highest BCUT2D eigenvalue weighted by atomic mass is 16.5. The van der Waals surface area contributed by atoms with Crippen LogP contribution in [0, 0.1) is 5.41 Å². The third kappa shape index (κ3) is 3.26. The zero-order valence-electron chi connectivity index (χ0n) is 12.4. The maximum atomic E-state index is 5.85. The predicted octanol–water partition coefficient (Wildman–Crippen LogP) is 2.37. The van der Waals surface area contributed by atoms with Crippen LogP contribution in [0.4, 0.5) is 5.69 Å².